The van der Waals surface area contributed by atoms with Crippen LogP contribution in [0.4, 0.5) is 0 Å². The van der Waals surface area contributed by atoms with Crippen LogP contribution in [0.2, 0.25) is 0 Å². The zero-order chi connectivity index (χ0) is 10.6. The first-order valence-corrected chi connectivity index (χ1v) is 4.59. The first kappa shape index (κ1) is 10.6. The van der Waals surface area contributed by atoms with E-state index in [1.54, 1.807) is 0 Å². The second-order valence-corrected chi connectivity index (χ2v) is 3.42. The molecule has 76 valence electrons. The Kier molecular flexibility index (Phi) is 3.52. The van der Waals surface area contributed by atoms with E-state index in [9.17, 15) is 9.59 Å². The van der Waals surface area contributed by atoms with E-state index in [4.69, 9.17) is 11.5 Å². The highest BCUT2D eigenvalue weighted by Crippen LogP contribution is 2.28. The predicted molar refractivity (Wildman–Crippen MR) is 50.4 cm³/mol. The van der Waals surface area contributed by atoms with Gasteiger partial charge in [0.2, 0.25) is 5.91 Å². The molecule has 4 nitrogen and oxygen atoms in total. The van der Waals surface area contributed by atoms with Gasteiger partial charge in [-0.15, -0.1) is 6.42 Å². The van der Waals surface area contributed by atoms with E-state index in [-0.39, 0.29) is 24.9 Å². The van der Waals surface area contributed by atoms with Crippen molar-refractivity contribution in [1.82, 2.24) is 4.90 Å². The molecule has 0 saturated heterocycles. The Morgan fingerprint density at radius 2 is 2.14 bits per heavy atom. The summed E-state index contributed by atoms with van der Waals surface area (Å²) in [4.78, 5) is 23.3. The highest BCUT2D eigenvalue weighted by molar-refractivity contribution is 5.83. The fourth-order valence-corrected chi connectivity index (χ4v) is 1.40. The van der Waals surface area contributed by atoms with Gasteiger partial charge in [-0.3, -0.25) is 9.59 Å². The first-order valence-electron chi connectivity index (χ1n) is 4.59. The van der Waals surface area contributed by atoms with Gasteiger partial charge >= 0.3 is 5.97 Å². The molecular weight excluding hydrogens is 182 g/mol. The summed E-state index contributed by atoms with van der Waals surface area (Å²) >= 11 is 0. The van der Waals surface area contributed by atoms with Crippen molar-refractivity contribution in [1.29, 1.82) is 0 Å². The fraction of sp³-hybridized carbons (Fsp3) is 0.600. The van der Waals surface area contributed by atoms with Gasteiger partial charge in [0, 0.05) is 5.92 Å². The molecule has 4 heteroatoms. The summed E-state index contributed by atoms with van der Waals surface area (Å²) in [6, 6.07) is 0. The quantitative estimate of drug-likeness (QED) is 0.658. The molecule has 14 heavy (non-hydrogen) atoms. The number of carboxylic acid groups (broad SMARTS) is 1. The van der Waals surface area contributed by atoms with Gasteiger partial charge in [-0.2, -0.15) is 0 Å². The van der Waals surface area contributed by atoms with Crippen LogP contribution in [0.5, 0.6) is 0 Å². The highest BCUT2D eigenvalue weighted by Gasteiger charge is 2.29. The smallest absolute Gasteiger partial charge is 0.323 e. The Labute approximate surface area is 82.9 Å². The summed E-state index contributed by atoms with van der Waals surface area (Å²) in [6.07, 6.45) is 7.84. The van der Waals surface area contributed by atoms with Gasteiger partial charge < -0.3 is 10.0 Å². The number of nitrogens with zero attached hydrogens (tertiary/aromatic N) is 1. The Morgan fingerprint density at radius 1 is 1.50 bits per heavy atom. The molecule has 0 atom stereocenters. The summed E-state index contributed by atoms with van der Waals surface area (Å²) in [5, 5.41) is 8.57. The highest BCUT2D eigenvalue weighted by atomic mass is 16.4. The Balaban J connectivity index is 2.52. The number of hydrogen-bond acceptors (Lipinski definition) is 2. The van der Waals surface area contributed by atoms with E-state index in [0.717, 1.165) is 19.3 Å². The lowest BCUT2D eigenvalue weighted by molar-refractivity contribution is -0.147. The maximum Gasteiger partial charge on any atom is 0.323 e. The summed E-state index contributed by atoms with van der Waals surface area (Å²) in [5.41, 5.74) is 0. The summed E-state index contributed by atoms with van der Waals surface area (Å²) in [5.74, 6) is 1.17. The van der Waals surface area contributed by atoms with Crippen molar-refractivity contribution in [2.45, 2.75) is 19.3 Å². The minimum atomic E-state index is -1.02. The third-order valence-corrected chi connectivity index (χ3v) is 2.37. The number of terminal acetylenes is 1. The van der Waals surface area contributed by atoms with Crippen LogP contribution in [0, 0.1) is 18.3 Å². The lowest BCUT2D eigenvalue weighted by Crippen LogP contribution is -2.41. The van der Waals surface area contributed by atoms with Crippen molar-refractivity contribution in [3.63, 3.8) is 0 Å². The van der Waals surface area contributed by atoms with E-state index >= 15 is 0 Å². The SMILES string of the molecule is C#CCN(CC(=O)O)C(=O)C1CCC1. The zero-order valence-corrected chi connectivity index (χ0v) is 7.90. The second kappa shape index (κ2) is 4.66. The molecule has 0 aromatic rings. The molecule has 1 aliphatic rings. The molecule has 0 spiro atoms. The molecule has 1 saturated carbocycles. The van der Waals surface area contributed by atoms with E-state index < -0.39 is 5.97 Å². The molecule has 1 rings (SSSR count). The van der Waals surface area contributed by atoms with E-state index in [0.29, 0.717) is 0 Å². The van der Waals surface area contributed by atoms with Crippen LogP contribution < -0.4 is 0 Å². The van der Waals surface area contributed by atoms with Crippen LogP contribution >= 0.6 is 0 Å². The lowest BCUT2D eigenvalue weighted by Gasteiger charge is -2.29. The number of carbonyl (C=O) groups excluding carboxylic acids is 1. The van der Waals surface area contributed by atoms with Crippen LogP contribution in [0.3, 0.4) is 0 Å². The molecular formula is C10H13NO3. The number of amides is 1. The van der Waals surface area contributed by atoms with Gasteiger partial charge in [0.25, 0.3) is 0 Å². The number of rotatable bonds is 4. The van der Waals surface area contributed by atoms with Crippen LogP contribution in [-0.4, -0.2) is 35.0 Å². The summed E-state index contributed by atoms with van der Waals surface area (Å²) in [7, 11) is 0. The van der Waals surface area contributed by atoms with Crippen molar-refractivity contribution in [2.75, 3.05) is 13.1 Å². The van der Waals surface area contributed by atoms with Crippen molar-refractivity contribution in [2.24, 2.45) is 5.92 Å². The maximum absolute atomic E-state index is 11.6. The predicted octanol–water partition coefficient (Wildman–Crippen LogP) is 0.333. The number of carbonyl (C=O) groups is 2. The fourth-order valence-electron chi connectivity index (χ4n) is 1.40. The molecule has 1 fully saturated rings. The Morgan fingerprint density at radius 3 is 2.50 bits per heavy atom. The van der Waals surface area contributed by atoms with Gasteiger partial charge in [0.05, 0.1) is 6.54 Å². The average Bonchev–Trinajstić information content (AvgIpc) is 1.99. The van der Waals surface area contributed by atoms with E-state index in [2.05, 4.69) is 5.92 Å². The van der Waals surface area contributed by atoms with Crippen molar-refractivity contribution in [3.8, 4) is 12.3 Å². The second-order valence-electron chi connectivity index (χ2n) is 3.42. The third-order valence-electron chi connectivity index (χ3n) is 2.37. The van der Waals surface area contributed by atoms with Crippen LogP contribution in [-0.2, 0) is 9.59 Å². The Hall–Kier alpha value is -1.50. The van der Waals surface area contributed by atoms with Crippen molar-refractivity contribution >= 4 is 11.9 Å². The zero-order valence-electron chi connectivity index (χ0n) is 7.90. The molecule has 0 bridgehead atoms. The molecule has 1 amide bonds. The molecule has 1 aliphatic carbocycles. The standard InChI is InChI=1S/C10H13NO3/c1-2-6-11(7-9(12)13)10(14)8-4-3-5-8/h1,8H,3-7H2,(H,12,13). The van der Waals surface area contributed by atoms with Crippen LogP contribution in [0.25, 0.3) is 0 Å². The van der Waals surface area contributed by atoms with Crippen LogP contribution in [0.15, 0.2) is 0 Å². The summed E-state index contributed by atoms with van der Waals surface area (Å²) in [6.45, 7) is -0.207. The molecule has 1 N–H and O–H groups in total. The monoisotopic (exact) mass is 195 g/mol. The largest absolute Gasteiger partial charge is 0.480 e. The van der Waals surface area contributed by atoms with Gasteiger partial charge in [0.15, 0.2) is 0 Å². The molecule has 0 radical (unpaired) electrons. The maximum atomic E-state index is 11.6. The van der Waals surface area contributed by atoms with Gasteiger partial charge in [-0.1, -0.05) is 12.3 Å². The van der Waals surface area contributed by atoms with Gasteiger partial charge in [-0.25, -0.2) is 0 Å². The molecule has 0 unspecified atom stereocenters. The van der Waals surface area contributed by atoms with E-state index in [1.807, 2.05) is 0 Å². The minimum Gasteiger partial charge on any atom is -0.480 e. The van der Waals surface area contributed by atoms with Gasteiger partial charge in [-0.05, 0) is 12.8 Å². The Bertz CT molecular complexity index is 276. The molecule has 0 heterocycles. The van der Waals surface area contributed by atoms with Crippen LogP contribution in [0.1, 0.15) is 19.3 Å². The van der Waals surface area contributed by atoms with Crippen molar-refractivity contribution < 1.29 is 14.7 Å². The molecule has 0 aliphatic heterocycles. The summed E-state index contributed by atoms with van der Waals surface area (Å²) < 4.78 is 0. The molecule has 0 aromatic heterocycles. The molecule has 0 aromatic carbocycles. The van der Waals surface area contributed by atoms with Crippen molar-refractivity contribution in [3.05, 3.63) is 0 Å². The minimum absolute atomic E-state index is 0.00250. The third kappa shape index (κ3) is 2.49. The topological polar surface area (TPSA) is 57.6 Å². The lowest BCUT2D eigenvalue weighted by atomic mass is 9.84. The first-order chi connectivity index (χ1) is 6.65. The normalized spacial score (nSPS) is 15.4. The number of carboxylic acids is 1. The number of aliphatic carboxylic acids is 1. The van der Waals surface area contributed by atoms with E-state index in [1.165, 1.54) is 4.90 Å². The number of hydrogen-bond donors (Lipinski definition) is 1. The van der Waals surface area contributed by atoms with Gasteiger partial charge in [0.1, 0.15) is 6.54 Å². The average molecular weight is 195 g/mol.